The highest BCUT2D eigenvalue weighted by atomic mass is 32.1. The van der Waals surface area contributed by atoms with Gasteiger partial charge in [0.1, 0.15) is 0 Å². The standard InChI is InChI=1S/C12H20N2OS2/c1-3-15-8-4-7-13-12(16)14-9-11-6-5-10(2)17-11/h5-6H,3-4,7-9H2,1-2H3,(H2,13,14,16). The largest absolute Gasteiger partial charge is 0.382 e. The highest BCUT2D eigenvalue weighted by Gasteiger charge is 1.98. The smallest absolute Gasteiger partial charge is 0.166 e. The van der Waals surface area contributed by atoms with Crippen LogP contribution in [0.3, 0.4) is 0 Å². The number of hydrogen-bond acceptors (Lipinski definition) is 3. The molecule has 0 spiro atoms. The van der Waals surface area contributed by atoms with E-state index in [1.165, 1.54) is 9.75 Å². The van der Waals surface area contributed by atoms with E-state index in [2.05, 4.69) is 29.7 Å². The first-order valence-electron chi connectivity index (χ1n) is 5.87. The number of thiophene rings is 1. The maximum atomic E-state index is 5.25. The molecular formula is C12H20N2OS2. The fourth-order valence-corrected chi connectivity index (χ4v) is 2.33. The summed E-state index contributed by atoms with van der Waals surface area (Å²) in [6.07, 6.45) is 0.980. The molecule has 0 aromatic carbocycles. The molecular weight excluding hydrogens is 252 g/mol. The zero-order valence-corrected chi connectivity index (χ0v) is 12.0. The topological polar surface area (TPSA) is 33.3 Å². The molecule has 0 unspecified atom stereocenters. The SMILES string of the molecule is CCOCCCNC(=S)NCc1ccc(C)s1. The third kappa shape index (κ3) is 6.61. The second-order valence-electron chi connectivity index (χ2n) is 3.67. The summed E-state index contributed by atoms with van der Waals surface area (Å²) in [5, 5.41) is 7.07. The average molecular weight is 272 g/mol. The Balaban J connectivity index is 2.05. The van der Waals surface area contributed by atoms with Gasteiger partial charge in [-0.3, -0.25) is 0 Å². The van der Waals surface area contributed by atoms with Gasteiger partial charge in [-0.05, 0) is 44.6 Å². The second kappa shape index (κ2) is 8.44. The van der Waals surface area contributed by atoms with E-state index >= 15 is 0 Å². The first-order valence-corrected chi connectivity index (χ1v) is 7.09. The van der Waals surface area contributed by atoms with Crippen molar-refractivity contribution in [3.8, 4) is 0 Å². The maximum Gasteiger partial charge on any atom is 0.166 e. The third-order valence-electron chi connectivity index (χ3n) is 2.17. The van der Waals surface area contributed by atoms with Crippen molar-refractivity contribution in [1.29, 1.82) is 0 Å². The van der Waals surface area contributed by atoms with Crippen molar-refractivity contribution in [3.05, 3.63) is 21.9 Å². The van der Waals surface area contributed by atoms with Crippen molar-refractivity contribution in [2.24, 2.45) is 0 Å². The summed E-state index contributed by atoms with van der Waals surface area (Å²) in [5.41, 5.74) is 0. The molecule has 96 valence electrons. The fraction of sp³-hybridized carbons (Fsp3) is 0.583. The summed E-state index contributed by atoms with van der Waals surface area (Å²) in [7, 11) is 0. The van der Waals surface area contributed by atoms with Crippen LogP contribution in [0.2, 0.25) is 0 Å². The van der Waals surface area contributed by atoms with Crippen LogP contribution in [0.1, 0.15) is 23.1 Å². The van der Waals surface area contributed by atoms with Crippen LogP contribution in [0.4, 0.5) is 0 Å². The molecule has 0 atom stereocenters. The Morgan fingerprint density at radius 1 is 1.41 bits per heavy atom. The fourth-order valence-electron chi connectivity index (χ4n) is 1.33. The first kappa shape index (κ1) is 14.4. The van der Waals surface area contributed by atoms with Gasteiger partial charge in [0.05, 0.1) is 6.54 Å². The lowest BCUT2D eigenvalue weighted by Gasteiger charge is -2.09. The van der Waals surface area contributed by atoms with Gasteiger partial charge in [0.15, 0.2) is 5.11 Å². The minimum Gasteiger partial charge on any atom is -0.382 e. The predicted octanol–water partition coefficient (Wildman–Crippen LogP) is 2.45. The van der Waals surface area contributed by atoms with Gasteiger partial charge in [0.25, 0.3) is 0 Å². The number of aryl methyl sites for hydroxylation is 1. The normalized spacial score (nSPS) is 10.2. The van der Waals surface area contributed by atoms with Crippen LogP contribution in [-0.4, -0.2) is 24.9 Å². The summed E-state index contributed by atoms with van der Waals surface area (Å²) in [6, 6.07) is 4.25. The Hall–Kier alpha value is -0.650. The Morgan fingerprint density at radius 2 is 2.24 bits per heavy atom. The zero-order chi connectivity index (χ0) is 12.5. The van der Waals surface area contributed by atoms with Crippen molar-refractivity contribution in [2.75, 3.05) is 19.8 Å². The van der Waals surface area contributed by atoms with Crippen LogP contribution in [0.5, 0.6) is 0 Å². The lowest BCUT2D eigenvalue weighted by atomic mass is 10.4. The van der Waals surface area contributed by atoms with Crippen molar-refractivity contribution >= 4 is 28.7 Å². The van der Waals surface area contributed by atoms with E-state index in [1.54, 1.807) is 11.3 Å². The molecule has 17 heavy (non-hydrogen) atoms. The molecule has 0 saturated heterocycles. The molecule has 0 aliphatic rings. The number of hydrogen-bond donors (Lipinski definition) is 2. The van der Waals surface area contributed by atoms with Crippen LogP contribution >= 0.6 is 23.6 Å². The molecule has 0 fully saturated rings. The summed E-state index contributed by atoms with van der Waals surface area (Å²) in [5.74, 6) is 0. The van der Waals surface area contributed by atoms with Crippen LogP contribution in [-0.2, 0) is 11.3 Å². The van der Waals surface area contributed by atoms with E-state index in [-0.39, 0.29) is 0 Å². The Morgan fingerprint density at radius 3 is 2.88 bits per heavy atom. The molecule has 0 aliphatic heterocycles. The lowest BCUT2D eigenvalue weighted by Crippen LogP contribution is -2.35. The Labute approximate surface area is 113 Å². The van der Waals surface area contributed by atoms with Gasteiger partial charge >= 0.3 is 0 Å². The van der Waals surface area contributed by atoms with Gasteiger partial charge < -0.3 is 15.4 Å². The van der Waals surface area contributed by atoms with Crippen molar-refractivity contribution in [1.82, 2.24) is 10.6 Å². The van der Waals surface area contributed by atoms with Gasteiger partial charge in [-0.25, -0.2) is 0 Å². The average Bonchev–Trinajstić information content (AvgIpc) is 2.72. The van der Waals surface area contributed by atoms with Crippen LogP contribution in [0, 0.1) is 6.92 Å². The van der Waals surface area contributed by atoms with Gasteiger partial charge in [-0.15, -0.1) is 11.3 Å². The molecule has 0 bridgehead atoms. The second-order valence-corrected chi connectivity index (χ2v) is 5.45. The lowest BCUT2D eigenvalue weighted by molar-refractivity contribution is 0.145. The number of nitrogens with one attached hydrogen (secondary N) is 2. The Bertz CT molecular complexity index is 339. The molecule has 0 saturated carbocycles. The molecule has 1 rings (SSSR count). The molecule has 1 heterocycles. The van der Waals surface area contributed by atoms with Gasteiger partial charge in [-0.2, -0.15) is 0 Å². The molecule has 2 N–H and O–H groups in total. The van der Waals surface area contributed by atoms with Gasteiger partial charge in [-0.1, -0.05) is 0 Å². The van der Waals surface area contributed by atoms with Crippen molar-refractivity contribution < 1.29 is 4.74 Å². The van der Waals surface area contributed by atoms with Gasteiger partial charge in [0, 0.05) is 29.5 Å². The number of ether oxygens (including phenoxy) is 1. The molecule has 5 heteroatoms. The molecule has 1 aromatic rings. The molecule has 0 amide bonds. The van der Waals surface area contributed by atoms with Crippen LogP contribution in [0.25, 0.3) is 0 Å². The van der Waals surface area contributed by atoms with Crippen LogP contribution < -0.4 is 10.6 Å². The van der Waals surface area contributed by atoms with E-state index in [0.29, 0.717) is 5.11 Å². The predicted molar refractivity (Wildman–Crippen MR) is 77.6 cm³/mol. The molecule has 3 nitrogen and oxygen atoms in total. The monoisotopic (exact) mass is 272 g/mol. The summed E-state index contributed by atoms with van der Waals surface area (Å²) in [4.78, 5) is 2.64. The summed E-state index contributed by atoms with van der Waals surface area (Å²) in [6.45, 7) is 7.34. The number of thiocarbonyl (C=S) groups is 1. The minimum absolute atomic E-state index is 0.715. The van der Waals surface area contributed by atoms with Crippen molar-refractivity contribution in [2.45, 2.75) is 26.8 Å². The van der Waals surface area contributed by atoms with E-state index in [1.807, 2.05) is 6.92 Å². The van der Waals surface area contributed by atoms with E-state index in [9.17, 15) is 0 Å². The van der Waals surface area contributed by atoms with E-state index in [0.717, 1.165) is 32.7 Å². The van der Waals surface area contributed by atoms with E-state index < -0.39 is 0 Å². The summed E-state index contributed by atoms with van der Waals surface area (Å²) >= 11 is 6.97. The highest BCUT2D eigenvalue weighted by Crippen LogP contribution is 2.14. The Kier molecular flexibility index (Phi) is 7.16. The number of rotatable bonds is 7. The summed E-state index contributed by atoms with van der Waals surface area (Å²) < 4.78 is 5.25. The molecule has 1 aromatic heterocycles. The maximum absolute atomic E-state index is 5.25. The quantitative estimate of drug-likeness (QED) is 0.590. The zero-order valence-electron chi connectivity index (χ0n) is 10.4. The first-order chi connectivity index (χ1) is 8.22. The highest BCUT2D eigenvalue weighted by molar-refractivity contribution is 7.80. The van der Waals surface area contributed by atoms with Gasteiger partial charge in [0.2, 0.25) is 0 Å². The minimum atomic E-state index is 0.715. The third-order valence-corrected chi connectivity index (χ3v) is 3.46. The van der Waals surface area contributed by atoms with Crippen molar-refractivity contribution in [3.63, 3.8) is 0 Å². The molecule has 0 radical (unpaired) electrons. The molecule has 0 aliphatic carbocycles. The van der Waals surface area contributed by atoms with E-state index in [4.69, 9.17) is 17.0 Å². The van der Waals surface area contributed by atoms with Crippen LogP contribution in [0.15, 0.2) is 12.1 Å².